The number of hydrogen-bond donors (Lipinski definition) is 1. The Morgan fingerprint density at radius 3 is 2.38 bits per heavy atom. The zero-order chi connectivity index (χ0) is 23.7. The fourth-order valence-corrected chi connectivity index (χ4v) is 4.64. The molecule has 174 valence electrons. The van der Waals surface area contributed by atoms with Crippen LogP contribution in [0, 0.1) is 5.92 Å². The summed E-state index contributed by atoms with van der Waals surface area (Å²) in [5.74, 6) is 1.43. The fourth-order valence-electron chi connectivity index (χ4n) is 3.00. The molecule has 8 heteroatoms. The molecule has 0 fully saturated rings. The van der Waals surface area contributed by atoms with E-state index in [-0.39, 0.29) is 17.6 Å². The molecule has 0 aromatic heterocycles. The van der Waals surface area contributed by atoms with Gasteiger partial charge in [0, 0.05) is 28.9 Å². The summed E-state index contributed by atoms with van der Waals surface area (Å²) >= 11 is 13.9. The maximum atomic E-state index is 13.2. The van der Waals surface area contributed by atoms with E-state index in [2.05, 4.69) is 5.32 Å². The van der Waals surface area contributed by atoms with E-state index in [1.807, 2.05) is 38.1 Å². The number of halogens is 2. The third kappa shape index (κ3) is 7.91. The van der Waals surface area contributed by atoms with E-state index in [0.29, 0.717) is 40.6 Å². The van der Waals surface area contributed by atoms with Crippen molar-refractivity contribution in [2.75, 3.05) is 19.4 Å². The summed E-state index contributed by atoms with van der Waals surface area (Å²) < 4.78 is 5.29. The third-order valence-corrected chi connectivity index (χ3v) is 6.52. The number of nitrogens with one attached hydrogen (secondary N) is 1. The lowest BCUT2D eigenvalue weighted by atomic mass is 10.1. The largest absolute Gasteiger partial charge is 0.497 e. The number of carbonyl (C=O) groups excluding carboxylic acids is 2. The molecule has 2 rings (SSSR count). The Labute approximate surface area is 204 Å². The van der Waals surface area contributed by atoms with Crippen molar-refractivity contribution in [3.05, 3.63) is 63.6 Å². The molecule has 0 aliphatic rings. The number of rotatable bonds is 11. The molecule has 1 unspecified atom stereocenters. The molecular formula is C24H30Cl2N2O3S. The van der Waals surface area contributed by atoms with Crippen LogP contribution in [0.15, 0.2) is 42.5 Å². The average Bonchev–Trinajstić information content (AvgIpc) is 2.77. The third-order valence-electron chi connectivity index (χ3n) is 4.87. The second kappa shape index (κ2) is 13.0. The van der Waals surface area contributed by atoms with Crippen LogP contribution in [0.4, 0.5) is 0 Å². The minimum absolute atomic E-state index is 0.131. The zero-order valence-electron chi connectivity index (χ0n) is 18.9. The molecule has 2 amide bonds. The maximum absolute atomic E-state index is 13.2. The van der Waals surface area contributed by atoms with Gasteiger partial charge in [-0.25, -0.2) is 0 Å². The van der Waals surface area contributed by atoms with Crippen LogP contribution in [0.1, 0.15) is 31.9 Å². The molecule has 0 spiro atoms. The van der Waals surface area contributed by atoms with Gasteiger partial charge < -0.3 is 15.0 Å². The quantitative estimate of drug-likeness (QED) is 0.450. The summed E-state index contributed by atoms with van der Waals surface area (Å²) in [4.78, 5) is 27.5. The molecule has 0 heterocycles. The highest BCUT2D eigenvalue weighted by atomic mass is 35.5. The van der Waals surface area contributed by atoms with Crippen molar-refractivity contribution in [1.29, 1.82) is 0 Å². The Bertz CT molecular complexity index is 904. The second-order valence-electron chi connectivity index (χ2n) is 7.88. The molecule has 2 aromatic rings. The number of amides is 2. The van der Waals surface area contributed by atoms with Gasteiger partial charge in [0.25, 0.3) is 0 Å². The lowest BCUT2D eigenvalue weighted by molar-refractivity contribution is -0.138. The minimum Gasteiger partial charge on any atom is -0.497 e. The maximum Gasteiger partial charge on any atom is 0.242 e. The number of methoxy groups -OCH3 is 1. The van der Waals surface area contributed by atoms with E-state index >= 15 is 0 Å². The first-order valence-electron chi connectivity index (χ1n) is 10.4. The number of nitrogens with zero attached hydrogens (tertiary/aromatic N) is 1. The van der Waals surface area contributed by atoms with Gasteiger partial charge in [-0.2, -0.15) is 0 Å². The first kappa shape index (κ1) is 26.4. The first-order chi connectivity index (χ1) is 15.2. The van der Waals surface area contributed by atoms with Gasteiger partial charge in [0.2, 0.25) is 11.8 Å². The Hall–Kier alpha value is -1.89. The van der Waals surface area contributed by atoms with Crippen molar-refractivity contribution in [1.82, 2.24) is 10.2 Å². The molecule has 0 saturated heterocycles. The first-order valence-corrected chi connectivity index (χ1v) is 12.3. The van der Waals surface area contributed by atoms with E-state index in [0.717, 1.165) is 11.1 Å². The Morgan fingerprint density at radius 2 is 1.75 bits per heavy atom. The van der Waals surface area contributed by atoms with Gasteiger partial charge in [0.05, 0.1) is 12.9 Å². The van der Waals surface area contributed by atoms with Crippen molar-refractivity contribution >= 4 is 46.8 Å². The Kier molecular flexibility index (Phi) is 10.7. The fraction of sp³-hybridized carbons (Fsp3) is 0.417. The van der Waals surface area contributed by atoms with Gasteiger partial charge in [0.15, 0.2) is 0 Å². The minimum atomic E-state index is -0.614. The van der Waals surface area contributed by atoms with Crippen molar-refractivity contribution in [2.45, 2.75) is 39.1 Å². The second-order valence-corrected chi connectivity index (χ2v) is 9.68. The highest BCUT2D eigenvalue weighted by Crippen LogP contribution is 2.28. The summed E-state index contributed by atoms with van der Waals surface area (Å²) in [5.41, 5.74) is 1.69. The Balaban J connectivity index is 2.12. The molecular weight excluding hydrogens is 467 g/mol. The van der Waals surface area contributed by atoms with Crippen LogP contribution < -0.4 is 10.1 Å². The van der Waals surface area contributed by atoms with Crippen LogP contribution in [0.2, 0.25) is 10.0 Å². The van der Waals surface area contributed by atoms with Crippen molar-refractivity contribution < 1.29 is 14.3 Å². The van der Waals surface area contributed by atoms with Crippen LogP contribution in [-0.4, -0.2) is 42.2 Å². The Morgan fingerprint density at radius 1 is 1.09 bits per heavy atom. The molecule has 0 aliphatic carbocycles. The molecule has 32 heavy (non-hydrogen) atoms. The van der Waals surface area contributed by atoms with Crippen LogP contribution in [0.3, 0.4) is 0 Å². The zero-order valence-corrected chi connectivity index (χ0v) is 21.2. The van der Waals surface area contributed by atoms with E-state index in [1.165, 1.54) is 11.8 Å². The standard InChI is InChI=1S/C24H30Cl2N2O3S/c1-16(2)12-27-24(30)17(3)28(13-18-7-5-8-19(11-18)31-4)23(29)15-32-14-20-21(25)9-6-10-22(20)26/h5-11,16-17H,12-15H2,1-4H3,(H,27,30). The van der Waals surface area contributed by atoms with Gasteiger partial charge >= 0.3 is 0 Å². The molecule has 1 N–H and O–H groups in total. The van der Waals surface area contributed by atoms with Crippen molar-refractivity contribution in [3.63, 3.8) is 0 Å². The molecule has 0 bridgehead atoms. The van der Waals surface area contributed by atoms with Crippen LogP contribution >= 0.6 is 35.0 Å². The predicted molar refractivity (Wildman–Crippen MR) is 133 cm³/mol. The van der Waals surface area contributed by atoms with E-state index in [4.69, 9.17) is 27.9 Å². The lowest BCUT2D eigenvalue weighted by Crippen LogP contribution is -2.48. The average molecular weight is 497 g/mol. The highest BCUT2D eigenvalue weighted by molar-refractivity contribution is 7.99. The highest BCUT2D eigenvalue weighted by Gasteiger charge is 2.26. The summed E-state index contributed by atoms with van der Waals surface area (Å²) in [6.45, 7) is 6.67. The van der Waals surface area contributed by atoms with Crippen LogP contribution in [0.5, 0.6) is 5.75 Å². The topological polar surface area (TPSA) is 58.6 Å². The smallest absolute Gasteiger partial charge is 0.242 e. The number of benzene rings is 2. The van der Waals surface area contributed by atoms with Gasteiger partial charge in [-0.3, -0.25) is 9.59 Å². The number of carbonyl (C=O) groups is 2. The summed E-state index contributed by atoms with van der Waals surface area (Å²) in [6.07, 6.45) is 0. The monoisotopic (exact) mass is 496 g/mol. The lowest BCUT2D eigenvalue weighted by Gasteiger charge is -2.29. The molecule has 1 atom stereocenters. The summed E-state index contributed by atoms with van der Waals surface area (Å²) in [7, 11) is 1.60. The number of hydrogen-bond acceptors (Lipinski definition) is 4. The van der Waals surface area contributed by atoms with Crippen molar-refractivity contribution in [2.24, 2.45) is 5.92 Å². The SMILES string of the molecule is COc1cccc(CN(C(=O)CSCc2c(Cl)cccc2Cl)C(C)C(=O)NCC(C)C)c1. The van der Waals surface area contributed by atoms with Gasteiger partial charge in [-0.15, -0.1) is 11.8 Å². The summed E-state index contributed by atoms with van der Waals surface area (Å²) in [6, 6.07) is 12.2. The molecule has 0 radical (unpaired) electrons. The number of thioether (sulfide) groups is 1. The van der Waals surface area contributed by atoms with Gasteiger partial charge in [0.1, 0.15) is 11.8 Å². The normalized spacial score (nSPS) is 11.8. The van der Waals surface area contributed by atoms with Crippen LogP contribution in [-0.2, 0) is 21.9 Å². The number of ether oxygens (including phenoxy) is 1. The van der Waals surface area contributed by atoms with Gasteiger partial charge in [-0.1, -0.05) is 55.2 Å². The molecule has 0 saturated carbocycles. The van der Waals surface area contributed by atoms with Crippen LogP contribution in [0.25, 0.3) is 0 Å². The molecule has 5 nitrogen and oxygen atoms in total. The van der Waals surface area contributed by atoms with E-state index in [9.17, 15) is 9.59 Å². The van der Waals surface area contributed by atoms with Crippen molar-refractivity contribution in [3.8, 4) is 5.75 Å². The van der Waals surface area contributed by atoms with Gasteiger partial charge in [-0.05, 0) is 48.2 Å². The molecule has 2 aromatic carbocycles. The van der Waals surface area contributed by atoms with E-state index in [1.54, 1.807) is 37.1 Å². The molecule has 0 aliphatic heterocycles. The van der Waals surface area contributed by atoms with E-state index < -0.39 is 6.04 Å². The summed E-state index contributed by atoms with van der Waals surface area (Å²) in [5, 5.41) is 4.08. The predicted octanol–water partition coefficient (Wildman–Crippen LogP) is 5.42.